The molecular weight excluding hydrogens is 270 g/mol. The van der Waals surface area contributed by atoms with Gasteiger partial charge in [-0.05, 0) is 17.5 Å². The molecule has 3 amide bonds. The van der Waals surface area contributed by atoms with E-state index in [0.29, 0.717) is 23.7 Å². The second kappa shape index (κ2) is 5.27. The lowest BCUT2D eigenvalue weighted by Gasteiger charge is -2.30. The van der Waals surface area contributed by atoms with E-state index < -0.39 is 6.03 Å². The van der Waals surface area contributed by atoms with Gasteiger partial charge in [0.15, 0.2) is 0 Å². The van der Waals surface area contributed by atoms with Crippen molar-refractivity contribution in [3.63, 3.8) is 0 Å². The Hall–Kier alpha value is -2.24. The van der Waals surface area contributed by atoms with Gasteiger partial charge in [0.1, 0.15) is 5.75 Å². The summed E-state index contributed by atoms with van der Waals surface area (Å²) in [6, 6.07) is 3.17. The topological polar surface area (TPSA) is 84.7 Å². The fourth-order valence-electron chi connectivity index (χ4n) is 2.39. The van der Waals surface area contributed by atoms with Crippen LogP contribution in [0.3, 0.4) is 0 Å². The lowest BCUT2D eigenvalue weighted by molar-refractivity contribution is -0.120. The van der Waals surface area contributed by atoms with E-state index >= 15 is 0 Å². The maximum absolute atomic E-state index is 12.0. The zero-order valence-electron chi connectivity index (χ0n) is 12.8. The predicted molar refractivity (Wildman–Crippen MR) is 81.6 cm³/mol. The van der Waals surface area contributed by atoms with E-state index in [1.54, 1.807) is 13.2 Å². The average molecular weight is 291 g/mol. The number of nitrogen functional groups attached to an aromatic ring is 1. The van der Waals surface area contributed by atoms with Gasteiger partial charge in [0.2, 0.25) is 5.91 Å². The van der Waals surface area contributed by atoms with E-state index in [0.717, 1.165) is 5.56 Å². The molecule has 1 aliphatic heterocycles. The van der Waals surface area contributed by atoms with Gasteiger partial charge in [-0.3, -0.25) is 15.0 Å². The number of ether oxygens (including phenoxy) is 1. The molecule has 2 rings (SSSR count). The molecule has 1 aromatic rings. The number of hydrogen-bond acceptors (Lipinski definition) is 4. The smallest absolute Gasteiger partial charge is 0.328 e. The summed E-state index contributed by atoms with van der Waals surface area (Å²) in [5.74, 6) is 0.369. The number of urea groups is 1. The number of carbonyl (C=O) groups is 2. The van der Waals surface area contributed by atoms with Crippen LogP contribution < -0.4 is 20.7 Å². The van der Waals surface area contributed by atoms with Crippen molar-refractivity contribution < 1.29 is 14.3 Å². The lowest BCUT2D eigenvalue weighted by atomic mass is 9.85. The van der Waals surface area contributed by atoms with Crippen LogP contribution in [0.25, 0.3) is 0 Å². The molecule has 3 N–H and O–H groups in total. The number of methoxy groups -OCH3 is 1. The summed E-state index contributed by atoms with van der Waals surface area (Å²) in [4.78, 5) is 24.7. The third-order valence-electron chi connectivity index (χ3n) is 3.48. The number of hydrogen-bond donors (Lipinski definition) is 2. The molecule has 114 valence electrons. The van der Waals surface area contributed by atoms with Crippen molar-refractivity contribution >= 4 is 23.3 Å². The fourth-order valence-corrected chi connectivity index (χ4v) is 2.39. The van der Waals surface area contributed by atoms with Crippen LogP contribution in [-0.4, -0.2) is 25.6 Å². The van der Waals surface area contributed by atoms with Gasteiger partial charge >= 0.3 is 6.03 Å². The molecule has 0 radical (unpaired) electrons. The van der Waals surface area contributed by atoms with E-state index in [4.69, 9.17) is 10.5 Å². The number of nitrogens with one attached hydrogen (secondary N) is 1. The maximum Gasteiger partial charge on any atom is 0.328 e. The van der Waals surface area contributed by atoms with E-state index in [2.05, 4.69) is 5.32 Å². The van der Waals surface area contributed by atoms with Crippen LogP contribution in [0, 0.1) is 0 Å². The molecule has 1 fully saturated rings. The quantitative estimate of drug-likeness (QED) is 0.816. The van der Waals surface area contributed by atoms with E-state index in [-0.39, 0.29) is 17.7 Å². The van der Waals surface area contributed by atoms with E-state index in [1.165, 1.54) is 4.90 Å². The van der Waals surface area contributed by atoms with Crippen LogP contribution in [0.5, 0.6) is 5.75 Å². The summed E-state index contributed by atoms with van der Waals surface area (Å²) in [5, 5.41) is 2.31. The Morgan fingerprint density at radius 3 is 2.48 bits per heavy atom. The molecule has 0 spiro atoms. The van der Waals surface area contributed by atoms with Crippen LogP contribution in [0.15, 0.2) is 12.1 Å². The number of carbonyl (C=O) groups excluding carboxylic acids is 2. The summed E-state index contributed by atoms with van der Waals surface area (Å²) in [5.41, 5.74) is 7.94. The van der Waals surface area contributed by atoms with Gasteiger partial charge in [-0.1, -0.05) is 20.8 Å². The summed E-state index contributed by atoms with van der Waals surface area (Å²) in [6.07, 6.45) is 0.280. The number of imide groups is 1. The molecule has 1 aromatic carbocycles. The fraction of sp³-hybridized carbons (Fsp3) is 0.467. The molecule has 1 heterocycles. The van der Waals surface area contributed by atoms with Crippen LogP contribution in [-0.2, 0) is 10.2 Å². The van der Waals surface area contributed by atoms with Crippen molar-refractivity contribution in [1.29, 1.82) is 0 Å². The van der Waals surface area contributed by atoms with E-state index in [9.17, 15) is 9.59 Å². The normalized spacial score (nSPS) is 15.9. The second-order valence-electron chi connectivity index (χ2n) is 6.12. The highest BCUT2D eigenvalue weighted by molar-refractivity contribution is 6.05. The van der Waals surface area contributed by atoms with Crippen LogP contribution in [0.2, 0.25) is 0 Å². The van der Waals surface area contributed by atoms with Gasteiger partial charge < -0.3 is 10.5 Å². The molecule has 6 nitrogen and oxygen atoms in total. The summed E-state index contributed by atoms with van der Waals surface area (Å²) >= 11 is 0. The third-order valence-corrected chi connectivity index (χ3v) is 3.48. The molecule has 0 aromatic heterocycles. The minimum atomic E-state index is -0.421. The first kappa shape index (κ1) is 15.2. The van der Waals surface area contributed by atoms with Crippen molar-refractivity contribution in [1.82, 2.24) is 5.32 Å². The molecule has 1 saturated heterocycles. The highest BCUT2D eigenvalue weighted by atomic mass is 16.5. The molecule has 0 bridgehead atoms. The predicted octanol–water partition coefficient (Wildman–Crippen LogP) is 2.02. The van der Waals surface area contributed by atoms with Gasteiger partial charge in [-0.2, -0.15) is 0 Å². The van der Waals surface area contributed by atoms with Gasteiger partial charge in [0.25, 0.3) is 0 Å². The largest absolute Gasteiger partial charge is 0.494 e. The Bertz CT molecular complexity index is 591. The Morgan fingerprint density at radius 2 is 1.95 bits per heavy atom. The monoisotopic (exact) mass is 291 g/mol. The number of nitrogens with two attached hydrogens (primary N) is 1. The average Bonchev–Trinajstić information content (AvgIpc) is 2.36. The van der Waals surface area contributed by atoms with Crippen LogP contribution in [0.1, 0.15) is 32.8 Å². The highest BCUT2D eigenvalue weighted by Gasteiger charge is 2.28. The van der Waals surface area contributed by atoms with Gasteiger partial charge in [-0.25, -0.2) is 4.79 Å². The molecule has 1 aliphatic rings. The first-order chi connectivity index (χ1) is 9.74. The standard InChI is InChI=1S/C15H21N3O3/c1-15(2,3)10-7-9(8-11(16)13(10)21-4)18-6-5-12(19)17-14(18)20/h7-8H,5-6,16H2,1-4H3,(H,17,19,20). The Morgan fingerprint density at radius 1 is 1.29 bits per heavy atom. The SMILES string of the molecule is COc1c(N)cc(N2CCC(=O)NC2=O)cc1C(C)(C)C. The minimum Gasteiger partial charge on any atom is -0.494 e. The summed E-state index contributed by atoms with van der Waals surface area (Å²) in [7, 11) is 1.58. The Labute approximate surface area is 124 Å². The van der Waals surface area contributed by atoms with Crippen molar-refractivity contribution in [2.24, 2.45) is 0 Å². The maximum atomic E-state index is 12.0. The molecule has 6 heteroatoms. The lowest BCUT2D eigenvalue weighted by Crippen LogP contribution is -2.49. The Kier molecular flexibility index (Phi) is 3.80. The number of amides is 3. The number of nitrogens with zero attached hydrogens (tertiary/aromatic N) is 1. The zero-order chi connectivity index (χ0) is 15.8. The summed E-state index contributed by atoms with van der Waals surface area (Å²) in [6.45, 7) is 6.50. The molecule has 0 aliphatic carbocycles. The Balaban J connectivity index is 2.49. The van der Waals surface area contributed by atoms with Gasteiger partial charge in [-0.15, -0.1) is 0 Å². The van der Waals surface area contributed by atoms with Gasteiger partial charge in [0.05, 0.1) is 12.8 Å². The molecule has 0 atom stereocenters. The van der Waals surface area contributed by atoms with Crippen LogP contribution >= 0.6 is 0 Å². The third kappa shape index (κ3) is 2.94. The number of anilines is 2. The van der Waals surface area contributed by atoms with Crippen molar-refractivity contribution in [2.45, 2.75) is 32.6 Å². The van der Waals surface area contributed by atoms with Crippen LogP contribution in [0.4, 0.5) is 16.2 Å². The minimum absolute atomic E-state index is 0.183. The highest BCUT2D eigenvalue weighted by Crippen LogP contribution is 2.39. The van der Waals surface area contributed by atoms with Crippen molar-refractivity contribution in [3.8, 4) is 5.75 Å². The molecule has 0 saturated carbocycles. The zero-order valence-corrected chi connectivity index (χ0v) is 12.8. The number of rotatable bonds is 2. The van der Waals surface area contributed by atoms with E-state index in [1.807, 2.05) is 26.8 Å². The van der Waals surface area contributed by atoms with Crippen molar-refractivity contribution in [2.75, 3.05) is 24.3 Å². The molecule has 21 heavy (non-hydrogen) atoms. The first-order valence-corrected chi connectivity index (χ1v) is 6.83. The molecular formula is C15H21N3O3. The molecule has 0 unspecified atom stereocenters. The van der Waals surface area contributed by atoms with Crippen molar-refractivity contribution in [3.05, 3.63) is 17.7 Å². The first-order valence-electron chi connectivity index (χ1n) is 6.83. The second-order valence-corrected chi connectivity index (χ2v) is 6.12. The summed E-state index contributed by atoms with van der Waals surface area (Å²) < 4.78 is 5.39. The van der Waals surface area contributed by atoms with Gasteiger partial charge in [0, 0.05) is 24.2 Å². The number of benzene rings is 1.